The van der Waals surface area contributed by atoms with E-state index in [-0.39, 0.29) is 13.0 Å². The molecular formula is C23H33NO7. The summed E-state index contributed by atoms with van der Waals surface area (Å²) in [6, 6.07) is 7.97. The number of aliphatic carboxylic acids is 1. The Kier molecular flexibility index (Phi) is 9.21. The van der Waals surface area contributed by atoms with Crippen LogP contribution in [-0.4, -0.2) is 40.6 Å². The molecule has 0 unspecified atom stereocenters. The van der Waals surface area contributed by atoms with Crippen LogP contribution in [0.15, 0.2) is 30.3 Å². The molecule has 8 heteroatoms. The summed E-state index contributed by atoms with van der Waals surface area (Å²) in [4.78, 5) is 49.0. The van der Waals surface area contributed by atoms with Gasteiger partial charge in [-0.1, -0.05) is 51.1 Å². The summed E-state index contributed by atoms with van der Waals surface area (Å²) >= 11 is 0. The summed E-state index contributed by atoms with van der Waals surface area (Å²) in [7, 11) is 0. The molecule has 2 atom stereocenters. The Morgan fingerprint density at radius 1 is 0.968 bits per heavy atom. The summed E-state index contributed by atoms with van der Waals surface area (Å²) in [5.74, 6) is -3.63. The van der Waals surface area contributed by atoms with Crippen LogP contribution in [0.3, 0.4) is 0 Å². The van der Waals surface area contributed by atoms with Gasteiger partial charge in [0, 0.05) is 6.42 Å². The van der Waals surface area contributed by atoms with Crippen molar-refractivity contribution in [3.63, 3.8) is 0 Å². The van der Waals surface area contributed by atoms with E-state index in [2.05, 4.69) is 5.32 Å². The third-order valence-corrected chi connectivity index (χ3v) is 4.27. The second-order valence-electron chi connectivity index (χ2n) is 9.50. The van der Waals surface area contributed by atoms with E-state index < -0.39 is 53.2 Å². The van der Waals surface area contributed by atoms with Crippen LogP contribution in [0.1, 0.15) is 59.9 Å². The number of carbonyl (C=O) groups is 4. The minimum Gasteiger partial charge on any atom is -0.481 e. The number of carbonyl (C=O) groups excluding carboxylic acids is 3. The molecule has 0 aliphatic heterocycles. The van der Waals surface area contributed by atoms with E-state index in [1.54, 1.807) is 65.8 Å². The lowest BCUT2D eigenvalue weighted by Gasteiger charge is -2.32. The SMILES string of the molecule is CC(C)(C)OC(=O)N[C@H](C(=O)C[C@H](CC(=O)O)C(=O)OCc1ccccc1)C(C)(C)C. The van der Waals surface area contributed by atoms with Gasteiger partial charge in [-0.15, -0.1) is 0 Å². The molecule has 1 aromatic rings. The van der Waals surface area contributed by atoms with Crippen molar-refractivity contribution in [2.24, 2.45) is 11.3 Å². The van der Waals surface area contributed by atoms with Gasteiger partial charge in [0.2, 0.25) is 0 Å². The lowest BCUT2D eigenvalue weighted by molar-refractivity contribution is -0.155. The van der Waals surface area contributed by atoms with Crippen LogP contribution in [0.4, 0.5) is 4.79 Å². The Morgan fingerprint density at radius 2 is 1.55 bits per heavy atom. The molecule has 0 bridgehead atoms. The fourth-order valence-electron chi connectivity index (χ4n) is 2.86. The number of alkyl carbamates (subject to hydrolysis) is 1. The molecule has 8 nitrogen and oxygen atoms in total. The normalized spacial score (nSPS) is 13.6. The number of hydrogen-bond donors (Lipinski definition) is 2. The Balaban J connectivity index is 2.90. The zero-order chi connectivity index (χ0) is 23.8. The molecule has 0 saturated carbocycles. The van der Waals surface area contributed by atoms with Crippen molar-refractivity contribution < 1.29 is 33.8 Å². The molecule has 2 N–H and O–H groups in total. The first-order chi connectivity index (χ1) is 14.2. The monoisotopic (exact) mass is 435 g/mol. The van der Waals surface area contributed by atoms with E-state index in [1.165, 1.54) is 0 Å². The van der Waals surface area contributed by atoms with Gasteiger partial charge in [0.1, 0.15) is 12.2 Å². The van der Waals surface area contributed by atoms with Crippen molar-refractivity contribution in [1.29, 1.82) is 0 Å². The number of benzene rings is 1. The van der Waals surface area contributed by atoms with Crippen molar-refractivity contribution in [3.8, 4) is 0 Å². The van der Waals surface area contributed by atoms with Crippen molar-refractivity contribution in [3.05, 3.63) is 35.9 Å². The lowest BCUT2D eigenvalue weighted by atomic mass is 9.81. The Hall–Kier alpha value is -2.90. The van der Waals surface area contributed by atoms with Crippen molar-refractivity contribution >= 4 is 23.8 Å². The van der Waals surface area contributed by atoms with Crippen molar-refractivity contribution in [1.82, 2.24) is 5.32 Å². The van der Waals surface area contributed by atoms with Crippen LogP contribution in [-0.2, 0) is 30.5 Å². The summed E-state index contributed by atoms with van der Waals surface area (Å²) in [6.07, 6.45) is -1.69. The Morgan fingerprint density at radius 3 is 2.03 bits per heavy atom. The van der Waals surface area contributed by atoms with E-state index in [0.717, 1.165) is 5.56 Å². The van der Waals surface area contributed by atoms with Gasteiger partial charge in [0.25, 0.3) is 0 Å². The average molecular weight is 436 g/mol. The molecule has 0 saturated heterocycles. The van der Waals surface area contributed by atoms with Gasteiger partial charge >= 0.3 is 18.0 Å². The number of hydrogen-bond acceptors (Lipinski definition) is 6. The van der Waals surface area contributed by atoms with Crippen LogP contribution in [0, 0.1) is 11.3 Å². The molecule has 1 amide bonds. The second-order valence-corrected chi connectivity index (χ2v) is 9.50. The number of amides is 1. The lowest BCUT2D eigenvalue weighted by Crippen LogP contribution is -2.51. The first kappa shape index (κ1) is 26.1. The molecule has 0 heterocycles. The number of Topliss-reactive ketones (excluding diaryl/α,β-unsaturated/α-hetero) is 1. The molecule has 0 spiro atoms. The molecule has 0 radical (unpaired) electrons. The molecular weight excluding hydrogens is 402 g/mol. The highest BCUT2D eigenvalue weighted by Gasteiger charge is 2.37. The highest BCUT2D eigenvalue weighted by molar-refractivity contribution is 5.92. The fraction of sp³-hybridized carbons (Fsp3) is 0.565. The van der Waals surface area contributed by atoms with Crippen LogP contribution in [0.2, 0.25) is 0 Å². The quantitative estimate of drug-likeness (QED) is 0.567. The average Bonchev–Trinajstić information content (AvgIpc) is 2.61. The number of ketones is 1. The largest absolute Gasteiger partial charge is 0.481 e. The highest BCUT2D eigenvalue weighted by Crippen LogP contribution is 2.24. The molecule has 0 aliphatic carbocycles. The van der Waals surface area contributed by atoms with E-state index in [1.807, 2.05) is 6.07 Å². The summed E-state index contributed by atoms with van der Waals surface area (Å²) < 4.78 is 10.5. The predicted molar refractivity (Wildman–Crippen MR) is 114 cm³/mol. The minimum atomic E-state index is -1.22. The highest BCUT2D eigenvalue weighted by atomic mass is 16.6. The summed E-state index contributed by atoms with van der Waals surface area (Å²) in [5, 5.41) is 11.8. The molecule has 31 heavy (non-hydrogen) atoms. The van der Waals surface area contributed by atoms with Crippen molar-refractivity contribution in [2.75, 3.05) is 0 Å². The predicted octanol–water partition coefficient (Wildman–Crippen LogP) is 3.72. The van der Waals surface area contributed by atoms with Gasteiger partial charge in [0.15, 0.2) is 5.78 Å². The van der Waals surface area contributed by atoms with Crippen molar-refractivity contribution in [2.45, 2.75) is 72.6 Å². The topological polar surface area (TPSA) is 119 Å². The van der Waals surface area contributed by atoms with E-state index in [4.69, 9.17) is 9.47 Å². The van der Waals surface area contributed by atoms with Crippen LogP contribution >= 0.6 is 0 Å². The standard InChI is InChI=1S/C23H33NO7/c1-22(2,3)19(24-21(29)31-23(4,5)6)17(25)12-16(13-18(26)27)20(28)30-14-15-10-8-7-9-11-15/h7-11,16,19H,12-14H2,1-6H3,(H,24,29)(H,26,27)/t16-,19-/m1/s1. The smallest absolute Gasteiger partial charge is 0.408 e. The zero-order valence-corrected chi connectivity index (χ0v) is 19.1. The number of rotatable bonds is 9. The van der Waals surface area contributed by atoms with Gasteiger partial charge in [0.05, 0.1) is 18.4 Å². The molecule has 0 aliphatic rings. The zero-order valence-electron chi connectivity index (χ0n) is 19.1. The first-order valence-electron chi connectivity index (χ1n) is 10.1. The van der Waals surface area contributed by atoms with E-state index >= 15 is 0 Å². The number of carboxylic acid groups (broad SMARTS) is 1. The first-order valence-corrected chi connectivity index (χ1v) is 10.1. The number of esters is 1. The molecule has 0 aromatic heterocycles. The fourth-order valence-corrected chi connectivity index (χ4v) is 2.86. The third kappa shape index (κ3) is 10.1. The maximum Gasteiger partial charge on any atom is 0.408 e. The van der Waals surface area contributed by atoms with E-state index in [0.29, 0.717) is 0 Å². The van der Waals surface area contributed by atoms with Gasteiger partial charge in [-0.3, -0.25) is 14.4 Å². The molecule has 1 rings (SSSR count). The van der Waals surface area contributed by atoms with Crippen LogP contribution in [0.25, 0.3) is 0 Å². The Labute approximate surface area is 183 Å². The van der Waals surface area contributed by atoms with Gasteiger partial charge in [-0.2, -0.15) is 0 Å². The summed E-state index contributed by atoms with van der Waals surface area (Å²) in [5.41, 5.74) is -0.686. The molecule has 172 valence electrons. The van der Waals surface area contributed by atoms with E-state index in [9.17, 15) is 24.3 Å². The minimum absolute atomic E-state index is 0.0250. The van der Waals surface area contributed by atoms with Gasteiger partial charge < -0.3 is 19.9 Å². The number of carboxylic acids is 1. The Bertz CT molecular complexity index is 775. The maximum atomic E-state index is 13.0. The molecule has 1 aromatic carbocycles. The number of nitrogens with one attached hydrogen (secondary N) is 1. The number of ether oxygens (including phenoxy) is 2. The van der Waals surface area contributed by atoms with Gasteiger partial charge in [-0.25, -0.2) is 4.79 Å². The van der Waals surface area contributed by atoms with Crippen LogP contribution < -0.4 is 5.32 Å². The molecule has 0 fully saturated rings. The second kappa shape index (κ2) is 10.9. The summed E-state index contributed by atoms with van der Waals surface area (Å²) in [6.45, 7) is 10.3. The van der Waals surface area contributed by atoms with Gasteiger partial charge in [-0.05, 0) is 31.7 Å². The third-order valence-electron chi connectivity index (χ3n) is 4.27. The maximum absolute atomic E-state index is 13.0. The van der Waals surface area contributed by atoms with Crippen LogP contribution in [0.5, 0.6) is 0 Å².